The monoisotopic (exact) mass is 329 g/mol. The Morgan fingerprint density at radius 2 is 2.26 bits per heavy atom. The highest BCUT2D eigenvalue weighted by Crippen LogP contribution is 2.36. The molecular weight excluding hydrogens is 310 g/mol. The smallest absolute Gasteiger partial charge is 0.264 e. The van der Waals surface area contributed by atoms with Crippen LogP contribution in [0.4, 0.5) is 0 Å². The third-order valence-electron chi connectivity index (χ3n) is 4.40. The Bertz CT molecular complexity index is 689. The number of likely N-dealkylation sites (tertiary alicyclic amines) is 1. The predicted molar refractivity (Wildman–Crippen MR) is 88.5 cm³/mol. The molecule has 0 unspecified atom stereocenters. The zero-order valence-corrected chi connectivity index (χ0v) is 13.6. The van der Waals surface area contributed by atoms with Crippen LogP contribution in [0.3, 0.4) is 0 Å². The average Bonchev–Trinajstić information content (AvgIpc) is 3.26. The third kappa shape index (κ3) is 2.95. The van der Waals surface area contributed by atoms with Gasteiger partial charge in [0.05, 0.1) is 12.6 Å². The highest BCUT2D eigenvalue weighted by molar-refractivity contribution is 7.99. The molecule has 1 aromatic heterocycles. The number of hydrogen-bond donors (Lipinski definition) is 0. The zero-order chi connectivity index (χ0) is 15.6. The van der Waals surface area contributed by atoms with E-state index in [2.05, 4.69) is 5.10 Å². The number of amides is 1. The molecule has 2 atom stereocenters. The van der Waals surface area contributed by atoms with Gasteiger partial charge in [0.25, 0.3) is 5.91 Å². The van der Waals surface area contributed by atoms with Gasteiger partial charge in [0, 0.05) is 29.6 Å². The molecule has 0 N–H and O–H groups in total. The molecule has 1 fully saturated rings. The molecule has 0 radical (unpaired) electrons. The van der Waals surface area contributed by atoms with Crippen LogP contribution in [0.15, 0.2) is 47.6 Å². The molecule has 2 aromatic rings. The van der Waals surface area contributed by atoms with Crippen molar-refractivity contribution in [1.82, 2.24) is 14.7 Å². The minimum absolute atomic E-state index is 0.113. The molecular formula is C17H19N3O2S. The molecule has 3 heterocycles. The number of fused-ring (bicyclic) bond motifs is 1. The third-order valence-corrected chi connectivity index (χ3v) is 5.52. The molecule has 0 spiro atoms. The Morgan fingerprint density at radius 1 is 1.35 bits per heavy atom. The van der Waals surface area contributed by atoms with E-state index in [1.807, 2.05) is 46.1 Å². The fourth-order valence-corrected chi connectivity index (χ4v) is 4.24. The Morgan fingerprint density at radius 3 is 3.13 bits per heavy atom. The summed E-state index contributed by atoms with van der Waals surface area (Å²) in [5.74, 6) is 1.62. The van der Waals surface area contributed by atoms with Gasteiger partial charge in [-0.2, -0.15) is 5.10 Å². The van der Waals surface area contributed by atoms with Crippen molar-refractivity contribution in [2.24, 2.45) is 0 Å². The van der Waals surface area contributed by atoms with E-state index in [1.54, 1.807) is 18.0 Å². The zero-order valence-electron chi connectivity index (χ0n) is 12.8. The van der Waals surface area contributed by atoms with Crippen LogP contribution in [0.5, 0.6) is 5.75 Å². The summed E-state index contributed by atoms with van der Waals surface area (Å²) in [4.78, 5) is 16.0. The molecule has 4 rings (SSSR count). The lowest BCUT2D eigenvalue weighted by atomic mass is 10.2. The molecule has 1 aromatic carbocycles. The van der Waals surface area contributed by atoms with E-state index in [0.717, 1.165) is 36.6 Å². The molecule has 23 heavy (non-hydrogen) atoms. The fourth-order valence-electron chi connectivity index (χ4n) is 3.27. The van der Waals surface area contributed by atoms with Gasteiger partial charge in [0.2, 0.25) is 0 Å². The van der Waals surface area contributed by atoms with Crippen LogP contribution >= 0.6 is 11.8 Å². The van der Waals surface area contributed by atoms with Crippen molar-refractivity contribution < 1.29 is 9.53 Å². The van der Waals surface area contributed by atoms with Crippen molar-refractivity contribution >= 4 is 17.7 Å². The number of carbonyl (C=O) groups is 1. The summed E-state index contributed by atoms with van der Waals surface area (Å²) >= 11 is 1.70. The molecule has 1 amide bonds. The van der Waals surface area contributed by atoms with Gasteiger partial charge < -0.3 is 9.64 Å². The van der Waals surface area contributed by atoms with E-state index in [9.17, 15) is 4.79 Å². The highest BCUT2D eigenvalue weighted by Gasteiger charge is 2.36. The van der Waals surface area contributed by atoms with E-state index in [-0.39, 0.29) is 18.1 Å². The topological polar surface area (TPSA) is 47.4 Å². The number of rotatable bonds is 3. The number of hydrogen-bond acceptors (Lipinski definition) is 4. The second kappa shape index (κ2) is 6.28. The molecule has 0 saturated carbocycles. The van der Waals surface area contributed by atoms with Crippen molar-refractivity contribution in [2.45, 2.75) is 36.4 Å². The normalized spacial score (nSPS) is 23.4. The number of carbonyl (C=O) groups excluding carboxylic acids is 1. The molecule has 2 aliphatic rings. The Balaban J connectivity index is 1.46. The molecule has 1 saturated heterocycles. The van der Waals surface area contributed by atoms with Crippen molar-refractivity contribution in [2.75, 3.05) is 12.3 Å². The van der Waals surface area contributed by atoms with Crippen LogP contribution in [-0.4, -0.2) is 45.0 Å². The van der Waals surface area contributed by atoms with Crippen molar-refractivity contribution in [3.8, 4) is 5.75 Å². The molecule has 120 valence electrons. The van der Waals surface area contributed by atoms with Crippen LogP contribution in [0.1, 0.15) is 12.8 Å². The first-order valence-electron chi connectivity index (χ1n) is 7.97. The van der Waals surface area contributed by atoms with Gasteiger partial charge in [-0.3, -0.25) is 9.48 Å². The quantitative estimate of drug-likeness (QED) is 0.868. The van der Waals surface area contributed by atoms with Crippen LogP contribution in [0.2, 0.25) is 0 Å². The van der Waals surface area contributed by atoms with Gasteiger partial charge in [0.1, 0.15) is 5.75 Å². The van der Waals surface area contributed by atoms with Gasteiger partial charge in [0.15, 0.2) is 6.10 Å². The summed E-state index contributed by atoms with van der Waals surface area (Å²) in [6.07, 6.45) is 5.42. The van der Waals surface area contributed by atoms with Crippen LogP contribution in [0.25, 0.3) is 0 Å². The van der Waals surface area contributed by atoms with E-state index in [4.69, 9.17) is 4.74 Å². The van der Waals surface area contributed by atoms with E-state index in [0.29, 0.717) is 5.75 Å². The maximum atomic E-state index is 12.9. The van der Waals surface area contributed by atoms with Crippen LogP contribution in [-0.2, 0) is 11.3 Å². The maximum Gasteiger partial charge on any atom is 0.264 e. The van der Waals surface area contributed by atoms with Crippen molar-refractivity contribution in [3.63, 3.8) is 0 Å². The van der Waals surface area contributed by atoms with E-state index >= 15 is 0 Å². The second-order valence-corrected chi connectivity index (χ2v) is 6.98. The lowest BCUT2D eigenvalue weighted by Gasteiger charge is -2.31. The number of nitrogens with zero attached hydrogens (tertiary/aromatic N) is 3. The standard InChI is InChI=1S/C17H19N3O2S/c21-17(15-12-23-16-7-2-1-6-14(16)22-15)20-10-3-5-13(20)11-19-9-4-8-18-19/h1-2,4,6-9,13,15H,3,5,10-12H2/t13-,15-/m0/s1. The summed E-state index contributed by atoms with van der Waals surface area (Å²) in [5.41, 5.74) is 0. The summed E-state index contributed by atoms with van der Waals surface area (Å²) in [6, 6.07) is 10.1. The molecule has 0 bridgehead atoms. The minimum Gasteiger partial charge on any atom is -0.479 e. The first-order chi connectivity index (χ1) is 11.3. The van der Waals surface area contributed by atoms with Gasteiger partial charge in [-0.05, 0) is 31.0 Å². The fraction of sp³-hybridized carbons (Fsp3) is 0.412. The van der Waals surface area contributed by atoms with Gasteiger partial charge in [-0.25, -0.2) is 0 Å². The summed E-state index contributed by atoms with van der Waals surface area (Å²) in [7, 11) is 0. The van der Waals surface area contributed by atoms with E-state index in [1.165, 1.54) is 0 Å². The van der Waals surface area contributed by atoms with Crippen molar-refractivity contribution in [3.05, 3.63) is 42.7 Å². The summed E-state index contributed by atoms with van der Waals surface area (Å²) in [6.45, 7) is 1.58. The molecule has 2 aliphatic heterocycles. The summed E-state index contributed by atoms with van der Waals surface area (Å²) < 4.78 is 7.86. The highest BCUT2D eigenvalue weighted by atomic mass is 32.2. The van der Waals surface area contributed by atoms with Gasteiger partial charge in [-0.15, -0.1) is 11.8 Å². The first-order valence-corrected chi connectivity index (χ1v) is 8.96. The van der Waals surface area contributed by atoms with E-state index < -0.39 is 0 Å². The number of aromatic nitrogens is 2. The van der Waals surface area contributed by atoms with Crippen molar-refractivity contribution in [1.29, 1.82) is 0 Å². The maximum absolute atomic E-state index is 12.9. The van der Waals surface area contributed by atoms with Crippen LogP contribution in [0, 0.1) is 0 Å². The Kier molecular flexibility index (Phi) is 3.99. The second-order valence-electron chi connectivity index (χ2n) is 5.92. The Hall–Kier alpha value is -1.95. The van der Waals surface area contributed by atoms with Gasteiger partial charge in [-0.1, -0.05) is 12.1 Å². The SMILES string of the molecule is O=C([C@@H]1CSc2ccccc2O1)N1CCC[C@H]1Cn1cccn1. The predicted octanol–water partition coefficient (Wildman–Crippen LogP) is 2.43. The lowest BCUT2D eigenvalue weighted by molar-refractivity contribution is -0.139. The molecule has 6 heteroatoms. The minimum atomic E-state index is -0.381. The van der Waals surface area contributed by atoms with Crippen LogP contribution < -0.4 is 4.74 Å². The summed E-state index contributed by atoms with van der Waals surface area (Å²) in [5, 5.41) is 4.26. The number of benzene rings is 1. The number of ether oxygens (including phenoxy) is 1. The average molecular weight is 329 g/mol. The largest absolute Gasteiger partial charge is 0.479 e. The number of thioether (sulfide) groups is 1. The number of para-hydroxylation sites is 1. The first kappa shape index (κ1) is 14.6. The van der Waals surface area contributed by atoms with Gasteiger partial charge >= 0.3 is 0 Å². The Labute approximate surface area is 139 Å². The molecule has 0 aliphatic carbocycles. The lowest BCUT2D eigenvalue weighted by Crippen LogP contribution is -2.47. The molecule has 5 nitrogen and oxygen atoms in total.